The Bertz CT molecular complexity index is 591. The van der Waals surface area contributed by atoms with Crippen LogP contribution < -0.4 is 5.32 Å². The van der Waals surface area contributed by atoms with Crippen molar-refractivity contribution in [2.45, 2.75) is 39.3 Å². The normalized spacial score (nSPS) is 18.8. The lowest BCUT2D eigenvalue weighted by molar-refractivity contribution is -0.143. The highest BCUT2D eigenvalue weighted by Gasteiger charge is 2.29. The van der Waals surface area contributed by atoms with Crippen molar-refractivity contribution in [1.29, 1.82) is 0 Å². The predicted molar refractivity (Wildman–Crippen MR) is 102 cm³/mol. The summed E-state index contributed by atoms with van der Waals surface area (Å²) in [5.74, 6) is -0.976. The number of aliphatic carboxylic acids is 1. The highest BCUT2D eigenvalue weighted by Crippen LogP contribution is 2.17. The molecule has 0 aliphatic carbocycles. The summed E-state index contributed by atoms with van der Waals surface area (Å²) in [4.78, 5) is 27.7. The summed E-state index contributed by atoms with van der Waals surface area (Å²) in [5, 5.41) is 12.3. The number of nitrogens with one attached hydrogen (secondary N) is 1. The maximum atomic E-state index is 12.6. The molecule has 144 valence electrons. The number of likely N-dealkylation sites (N-methyl/N-ethyl adjacent to an activating group) is 1. The first-order chi connectivity index (χ1) is 12.4. The van der Waals surface area contributed by atoms with Gasteiger partial charge in [-0.3, -0.25) is 4.79 Å². The zero-order valence-electron chi connectivity index (χ0n) is 16.0. The van der Waals surface area contributed by atoms with E-state index in [2.05, 4.69) is 43.2 Å². The molecule has 0 aromatic heterocycles. The van der Waals surface area contributed by atoms with E-state index in [1.165, 1.54) is 5.56 Å². The Morgan fingerprint density at radius 2 is 2.00 bits per heavy atom. The molecular weight excluding hydrogens is 330 g/mol. The number of carbonyl (C=O) groups is 2. The van der Waals surface area contributed by atoms with Crippen molar-refractivity contribution in [2.75, 3.05) is 26.7 Å². The first-order valence-electron chi connectivity index (χ1n) is 9.37. The van der Waals surface area contributed by atoms with Crippen molar-refractivity contribution in [3.63, 3.8) is 0 Å². The number of benzene rings is 1. The van der Waals surface area contributed by atoms with Gasteiger partial charge in [-0.1, -0.05) is 44.2 Å². The van der Waals surface area contributed by atoms with E-state index in [0.717, 1.165) is 19.5 Å². The van der Waals surface area contributed by atoms with E-state index in [1.807, 2.05) is 18.2 Å². The summed E-state index contributed by atoms with van der Waals surface area (Å²) in [7, 11) is 2.05. The summed E-state index contributed by atoms with van der Waals surface area (Å²) >= 11 is 0. The zero-order valence-corrected chi connectivity index (χ0v) is 16.0. The molecule has 26 heavy (non-hydrogen) atoms. The third-order valence-corrected chi connectivity index (χ3v) is 4.98. The number of carbonyl (C=O) groups excluding carboxylic acids is 1. The van der Waals surface area contributed by atoms with Crippen LogP contribution in [0.15, 0.2) is 30.3 Å². The van der Waals surface area contributed by atoms with Gasteiger partial charge in [0.1, 0.15) is 0 Å². The summed E-state index contributed by atoms with van der Waals surface area (Å²) in [6.07, 6.45) is 1.39. The zero-order chi connectivity index (χ0) is 19.1. The van der Waals surface area contributed by atoms with Gasteiger partial charge in [-0.25, -0.2) is 4.79 Å². The molecule has 6 nitrogen and oxygen atoms in total. The average Bonchev–Trinajstić information content (AvgIpc) is 2.61. The second kappa shape index (κ2) is 9.57. The van der Waals surface area contributed by atoms with Crippen LogP contribution >= 0.6 is 0 Å². The Kier molecular flexibility index (Phi) is 7.45. The van der Waals surface area contributed by atoms with Gasteiger partial charge in [-0.05, 0) is 31.4 Å². The van der Waals surface area contributed by atoms with Crippen molar-refractivity contribution in [3.05, 3.63) is 35.9 Å². The molecule has 2 amide bonds. The Morgan fingerprint density at radius 3 is 2.62 bits per heavy atom. The van der Waals surface area contributed by atoms with Gasteiger partial charge in [0.15, 0.2) is 0 Å². The Balaban J connectivity index is 1.90. The van der Waals surface area contributed by atoms with E-state index in [-0.39, 0.29) is 18.0 Å². The molecule has 2 unspecified atom stereocenters. The minimum atomic E-state index is -0.814. The minimum Gasteiger partial charge on any atom is -0.481 e. The molecule has 1 aromatic rings. The number of carboxylic acid groups (broad SMARTS) is 1. The fourth-order valence-electron chi connectivity index (χ4n) is 3.33. The number of urea groups is 1. The highest BCUT2D eigenvalue weighted by molar-refractivity contribution is 5.76. The van der Waals surface area contributed by atoms with Crippen LogP contribution in [0, 0.1) is 11.8 Å². The SMILES string of the molecule is CC(C)C(CN(C)Cc1ccccc1)NC(=O)N1CCCC(C(=O)O)C1. The largest absolute Gasteiger partial charge is 0.481 e. The monoisotopic (exact) mass is 361 g/mol. The summed E-state index contributed by atoms with van der Waals surface area (Å²) in [5.41, 5.74) is 1.24. The Labute approximate surface area is 156 Å². The predicted octanol–water partition coefficient (Wildman–Crippen LogP) is 2.65. The van der Waals surface area contributed by atoms with Crippen molar-refractivity contribution in [2.24, 2.45) is 11.8 Å². The lowest BCUT2D eigenvalue weighted by Crippen LogP contribution is -2.53. The van der Waals surface area contributed by atoms with Gasteiger partial charge in [-0.2, -0.15) is 0 Å². The Hall–Kier alpha value is -2.08. The van der Waals surface area contributed by atoms with Crippen molar-refractivity contribution in [3.8, 4) is 0 Å². The minimum absolute atomic E-state index is 0.0152. The van der Waals surface area contributed by atoms with E-state index < -0.39 is 11.9 Å². The van der Waals surface area contributed by atoms with Gasteiger partial charge in [0.25, 0.3) is 0 Å². The van der Waals surface area contributed by atoms with Crippen LogP contribution in [-0.4, -0.2) is 59.6 Å². The molecule has 0 spiro atoms. The second-order valence-electron chi connectivity index (χ2n) is 7.61. The molecule has 1 heterocycles. The number of rotatable bonds is 7. The third-order valence-electron chi connectivity index (χ3n) is 4.98. The summed E-state index contributed by atoms with van der Waals surface area (Å²) < 4.78 is 0. The molecule has 1 aliphatic rings. The highest BCUT2D eigenvalue weighted by atomic mass is 16.4. The van der Waals surface area contributed by atoms with Crippen LogP contribution in [0.2, 0.25) is 0 Å². The summed E-state index contributed by atoms with van der Waals surface area (Å²) in [6.45, 7) is 6.68. The summed E-state index contributed by atoms with van der Waals surface area (Å²) in [6, 6.07) is 10.1. The standard InChI is InChI=1S/C20H31N3O3/c1-15(2)18(14-22(3)12-16-8-5-4-6-9-16)21-20(26)23-11-7-10-17(13-23)19(24)25/h4-6,8-9,15,17-18H,7,10-14H2,1-3H3,(H,21,26)(H,24,25). The average molecular weight is 361 g/mol. The molecule has 2 rings (SSSR count). The van der Waals surface area contributed by atoms with E-state index in [1.54, 1.807) is 4.90 Å². The topological polar surface area (TPSA) is 72.9 Å². The van der Waals surface area contributed by atoms with Gasteiger partial charge in [-0.15, -0.1) is 0 Å². The van der Waals surface area contributed by atoms with Gasteiger partial charge < -0.3 is 20.2 Å². The van der Waals surface area contributed by atoms with Crippen LogP contribution in [-0.2, 0) is 11.3 Å². The lowest BCUT2D eigenvalue weighted by atomic mass is 9.98. The number of hydrogen-bond acceptors (Lipinski definition) is 3. The van der Waals surface area contributed by atoms with Crippen molar-refractivity contribution < 1.29 is 14.7 Å². The van der Waals surface area contributed by atoms with E-state index >= 15 is 0 Å². The maximum Gasteiger partial charge on any atom is 0.317 e. The first kappa shape index (κ1) is 20.2. The molecule has 6 heteroatoms. The smallest absolute Gasteiger partial charge is 0.317 e. The molecule has 2 N–H and O–H groups in total. The van der Waals surface area contributed by atoms with Gasteiger partial charge >= 0.3 is 12.0 Å². The van der Waals surface area contributed by atoms with E-state index in [9.17, 15) is 14.7 Å². The lowest BCUT2D eigenvalue weighted by Gasteiger charge is -2.34. The molecular formula is C20H31N3O3. The van der Waals surface area contributed by atoms with Crippen LogP contribution in [0.4, 0.5) is 4.79 Å². The molecule has 2 atom stereocenters. The fraction of sp³-hybridized carbons (Fsp3) is 0.600. The number of amides is 2. The van der Waals surface area contributed by atoms with Crippen LogP contribution in [0.5, 0.6) is 0 Å². The van der Waals surface area contributed by atoms with Crippen LogP contribution in [0.3, 0.4) is 0 Å². The molecule has 1 aliphatic heterocycles. The van der Waals surface area contributed by atoms with Crippen molar-refractivity contribution >= 4 is 12.0 Å². The van der Waals surface area contributed by atoms with Gasteiger partial charge in [0.2, 0.25) is 0 Å². The first-order valence-corrected chi connectivity index (χ1v) is 9.37. The molecule has 1 fully saturated rings. The van der Waals surface area contributed by atoms with E-state index in [4.69, 9.17) is 0 Å². The third kappa shape index (κ3) is 6.02. The second-order valence-corrected chi connectivity index (χ2v) is 7.61. The van der Waals surface area contributed by atoms with Crippen LogP contribution in [0.25, 0.3) is 0 Å². The fourth-order valence-corrected chi connectivity index (χ4v) is 3.33. The number of piperidine rings is 1. The quantitative estimate of drug-likeness (QED) is 0.783. The van der Waals surface area contributed by atoms with Crippen LogP contribution in [0.1, 0.15) is 32.3 Å². The molecule has 0 bridgehead atoms. The number of carboxylic acids is 1. The number of nitrogens with zero attached hydrogens (tertiary/aromatic N) is 2. The molecule has 1 saturated heterocycles. The number of likely N-dealkylation sites (tertiary alicyclic amines) is 1. The molecule has 1 aromatic carbocycles. The number of hydrogen-bond donors (Lipinski definition) is 2. The van der Waals surface area contributed by atoms with Crippen molar-refractivity contribution in [1.82, 2.24) is 15.1 Å². The van der Waals surface area contributed by atoms with Gasteiger partial charge in [0.05, 0.1) is 5.92 Å². The molecule has 0 radical (unpaired) electrons. The van der Waals surface area contributed by atoms with E-state index in [0.29, 0.717) is 19.5 Å². The maximum absolute atomic E-state index is 12.6. The molecule has 0 saturated carbocycles. The van der Waals surface area contributed by atoms with Gasteiger partial charge in [0, 0.05) is 32.2 Å². The Morgan fingerprint density at radius 1 is 1.31 bits per heavy atom.